The zero-order valence-corrected chi connectivity index (χ0v) is 7.18. The minimum absolute atomic E-state index is 0.633. The van der Waals surface area contributed by atoms with Gasteiger partial charge in [0.2, 0.25) is 0 Å². The van der Waals surface area contributed by atoms with Gasteiger partial charge in [-0.2, -0.15) is 0 Å². The van der Waals surface area contributed by atoms with Crippen molar-refractivity contribution in [3.8, 4) is 5.75 Å². The minimum atomic E-state index is 0.633. The Bertz CT molecular complexity index is 406. The Balaban J connectivity index is 2.80. The van der Waals surface area contributed by atoms with Crippen LogP contribution in [0.1, 0.15) is 0 Å². The molecule has 2 rings (SSSR count). The number of hydrogen-bond donors (Lipinski definition) is 0. The molecule has 0 atom stereocenters. The van der Waals surface area contributed by atoms with E-state index in [4.69, 9.17) is 20.8 Å². The van der Waals surface area contributed by atoms with E-state index >= 15 is 0 Å². The summed E-state index contributed by atoms with van der Waals surface area (Å²) in [5.41, 5.74) is 0.682. The summed E-state index contributed by atoms with van der Waals surface area (Å²) in [6.45, 7) is 0. The summed E-state index contributed by atoms with van der Waals surface area (Å²) in [5.74, 6) is 0.638. The van der Waals surface area contributed by atoms with Gasteiger partial charge in [0, 0.05) is 16.5 Å². The average molecular weight is 182 g/mol. The average Bonchev–Trinajstić information content (AvgIpc) is 2.50. The van der Waals surface area contributed by atoms with Crippen LogP contribution >= 0.6 is 11.6 Å². The first-order chi connectivity index (χ1) is 5.81. The Morgan fingerprint density at radius 1 is 1.50 bits per heavy atom. The molecule has 1 aromatic heterocycles. The van der Waals surface area contributed by atoms with Gasteiger partial charge in [0.25, 0.3) is 0 Å². The van der Waals surface area contributed by atoms with Gasteiger partial charge in [-0.05, 0) is 12.1 Å². The first-order valence-electron chi connectivity index (χ1n) is 3.44. The van der Waals surface area contributed by atoms with E-state index in [9.17, 15) is 0 Å². The van der Waals surface area contributed by atoms with Crippen LogP contribution in [-0.4, -0.2) is 7.11 Å². The van der Waals surface area contributed by atoms with Crippen LogP contribution < -0.4 is 4.74 Å². The van der Waals surface area contributed by atoms with Crippen LogP contribution in [0.15, 0.2) is 22.6 Å². The smallest absolute Gasteiger partial charge is 0.176 e. The molecule has 61 valence electrons. The third-order valence-electron chi connectivity index (χ3n) is 1.64. The first kappa shape index (κ1) is 7.50. The lowest BCUT2D eigenvalue weighted by Crippen LogP contribution is -1.82. The minimum Gasteiger partial charge on any atom is -0.493 e. The van der Waals surface area contributed by atoms with E-state index in [1.54, 1.807) is 25.3 Å². The van der Waals surface area contributed by atoms with E-state index in [-0.39, 0.29) is 0 Å². The van der Waals surface area contributed by atoms with Gasteiger partial charge in [0.15, 0.2) is 17.6 Å². The molecule has 0 amide bonds. The number of benzene rings is 1. The van der Waals surface area contributed by atoms with Crippen molar-refractivity contribution in [1.82, 2.24) is 0 Å². The van der Waals surface area contributed by atoms with Crippen molar-refractivity contribution in [1.29, 1.82) is 0 Å². The molecular formula is C9H6ClO2. The fraction of sp³-hybridized carbons (Fsp3) is 0.111. The normalized spacial score (nSPS) is 10.5. The molecule has 2 aromatic rings. The first-order valence-corrected chi connectivity index (χ1v) is 3.82. The van der Waals surface area contributed by atoms with Gasteiger partial charge in [-0.1, -0.05) is 11.6 Å². The second-order valence-electron chi connectivity index (χ2n) is 2.39. The van der Waals surface area contributed by atoms with Gasteiger partial charge in [-0.3, -0.25) is 0 Å². The lowest BCUT2D eigenvalue weighted by atomic mass is 10.2. The van der Waals surface area contributed by atoms with Crippen molar-refractivity contribution in [3.63, 3.8) is 0 Å². The Labute approximate surface area is 74.7 Å². The van der Waals surface area contributed by atoms with E-state index < -0.39 is 0 Å². The van der Waals surface area contributed by atoms with Crippen LogP contribution in [0.5, 0.6) is 5.75 Å². The molecular weight excluding hydrogens is 176 g/mol. The van der Waals surface area contributed by atoms with Crippen LogP contribution in [-0.2, 0) is 0 Å². The molecule has 2 nitrogen and oxygen atoms in total. The summed E-state index contributed by atoms with van der Waals surface area (Å²) in [7, 11) is 1.58. The topological polar surface area (TPSA) is 22.4 Å². The largest absolute Gasteiger partial charge is 0.493 e. The maximum Gasteiger partial charge on any atom is 0.176 e. The van der Waals surface area contributed by atoms with E-state index in [2.05, 4.69) is 6.26 Å². The maximum atomic E-state index is 5.82. The predicted octanol–water partition coefficient (Wildman–Crippen LogP) is 2.89. The standard InChI is InChI=1S/C9H6ClO2/c1-11-8-5-7(10)4-6-2-3-12-9(6)8/h2,4-5H,1H3. The highest BCUT2D eigenvalue weighted by Gasteiger charge is 2.05. The lowest BCUT2D eigenvalue weighted by molar-refractivity contribution is 0.410. The maximum absolute atomic E-state index is 5.82. The molecule has 0 saturated carbocycles. The molecule has 0 fully saturated rings. The van der Waals surface area contributed by atoms with Crippen molar-refractivity contribution >= 4 is 22.6 Å². The Morgan fingerprint density at radius 2 is 2.33 bits per heavy atom. The summed E-state index contributed by atoms with van der Waals surface area (Å²) in [5, 5.41) is 1.54. The molecule has 0 aliphatic carbocycles. The van der Waals surface area contributed by atoms with Crippen molar-refractivity contribution in [2.45, 2.75) is 0 Å². The van der Waals surface area contributed by atoms with Gasteiger partial charge in [0.1, 0.15) is 0 Å². The van der Waals surface area contributed by atoms with Crippen molar-refractivity contribution in [2.24, 2.45) is 0 Å². The fourth-order valence-electron chi connectivity index (χ4n) is 1.11. The highest BCUT2D eigenvalue weighted by atomic mass is 35.5. The number of rotatable bonds is 1. The molecule has 0 saturated heterocycles. The van der Waals surface area contributed by atoms with Gasteiger partial charge in [-0.25, -0.2) is 0 Å². The molecule has 0 aliphatic rings. The zero-order chi connectivity index (χ0) is 8.55. The number of methoxy groups -OCH3 is 1. The molecule has 0 aliphatic heterocycles. The zero-order valence-electron chi connectivity index (χ0n) is 6.43. The third-order valence-corrected chi connectivity index (χ3v) is 1.86. The molecule has 0 N–H and O–H groups in total. The SMILES string of the molecule is COc1cc(Cl)cc2c[c]oc12. The summed E-state index contributed by atoms with van der Waals surface area (Å²) in [4.78, 5) is 0. The van der Waals surface area contributed by atoms with Crippen LogP contribution in [0.3, 0.4) is 0 Å². The molecule has 0 spiro atoms. The number of halogens is 1. The third kappa shape index (κ3) is 1.04. The quantitative estimate of drug-likeness (QED) is 0.675. The fourth-order valence-corrected chi connectivity index (χ4v) is 1.33. The van der Waals surface area contributed by atoms with E-state index in [0.717, 1.165) is 5.39 Å². The monoisotopic (exact) mass is 181 g/mol. The number of furan rings is 1. The van der Waals surface area contributed by atoms with Crippen molar-refractivity contribution in [3.05, 3.63) is 29.5 Å². The summed E-state index contributed by atoms with van der Waals surface area (Å²) in [6, 6.07) is 5.24. The van der Waals surface area contributed by atoms with Crippen LogP contribution in [0.2, 0.25) is 5.02 Å². The van der Waals surface area contributed by atoms with Gasteiger partial charge in [-0.15, -0.1) is 0 Å². The Hall–Kier alpha value is -1.15. The van der Waals surface area contributed by atoms with E-state index in [1.165, 1.54) is 0 Å². The second kappa shape index (κ2) is 2.72. The van der Waals surface area contributed by atoms with E-state index in [1.807, 2.05) is 0 Å². The van der Waals surface area contributed by atoms with Crippen LogP contribution in [0, 0.1) is 6.26 Å². The van der Waals surface area contributed by atoms with Crippen molar-refractivity contribution in [2.75, 3.05) is 7.11 Å². The number of fused-ring (bicyclic) bond motifs is 1. The van der Waals surface area contributed by atoms with E-state index in [0.29, 0.717) is 16.4 Å². The second-order valence-corrected chi connectivity index (χ2v) is 2.83. The molecule has 0 bridgehead atoms. The van der Waals surface area contributed by atoms with Gasteiger partial charge < -0.3 is 9.15 Å². The van der Waals surface area contributed by atoms with Gasteiger partial charge in [0.05, 0.1) is 7.11 Å². The molecule has 1 radical (unpaired) electrons. The number of ether oxygens (including phenoxy) is 1. The van der Waals surface area contributed by atoms with Crippen LogP contribution in [0.25, 0.3) is 11.0 Å². The summed E-state index contributed by atoms with van der Waals surface area (Å²) in [6.07, 6.45) is 2.63. The van der Waals surface area contributed by atoms with Crippen molar-refractivity contribution < 1.29 is 9.15 Å². The predicted molar refractivity (Wildman–Crippen MR) is 46.6 cm³/mol. The highest BCUT2D eigenvalue weighted by molar-refractivity contribution is 6.31. The molecule has 3 heteroatoms. The Kier molecular flexibility index (Phi) is 1.70. The lowest BCUT2D eigenvalue weighted by Gasteiger charge is -2.00. The van der Waals surface area contributed by atoms with Gasteiger partial charge >= 0.3 is 0 Å². The highest BCUT2D eigenvalue weighted by Crippen LogP contribution is 2.29. The summed E-state index contributed by atoms with van der Waals surface area (Å²) >= 11 is 5.82. The molecule has 1 aromatic carbocycles. The Morgan fingerprint density at radius 3 is 3.08 bits per heavy atom. The molecule has 0 unspecified atom stereocenters. The van der Waals surface area contributed by atoms with Crippen LogP contribution in [0.4, 0.5) is 0 Å². The molecule has 12 heavy (non-hydrogen) atoms. The summed E-state index contributed by atoms with van der Waals surface area (Å²) < 4.78 is 10.2. The number of hydrogen-bond acceptors (Lipinski definition) is 2. The molecule has 1 heterocycles.